The largest absolute Gasteiger partial charge is 0.417 e. The summed E-state index contributed by atoms with van der Waals surface area (Å²) in [4.78, 5) is 18.7. The molecule has 3 rings (SSSR count). The number of likely N-dealkylation sites (N-methyl/N-ethyl adjacent to an activating group) is 1. The van der Waals surface area contributed by atoms with Gasteiger partial charge in [-0.15, -0.1) is 0 Å². The summed E-state index contributed by atoms with van der Waals surface area (Å²) in [5, 5.41) is 7.11. The Kier molecular flexibility index (Phi) is 7.52. The molecular formula is C22H23ClF3N5O. The maximum absolute atomic E-state index is 12.7. The van der Waals surface area contributed by atoms with E-state index in [-0.39, 0.29) is 16.9 Å². The topological polar surface area (TPSA) is 63.1 Å². The van der Waals surface area contributed by atoms with Crippen LogP contribution in [0.25, 0.3) is 5.82 Å². The van der Waals surface area contributed by atoms with Gasteiger partial charge in [-0.25, -0.2) is 4.98 Å². The van der Waals surface area contributed by atoms with Crippen LogP contribution >= 0.6 is 11.6 Å². The number of anilines is 1. The van der Waals surface area contributed by atoms with E-state index >= 15 is 0 Å². The summed E-state index contributed by atoms with van der Waals surface area (Å²) in [6, 6.07) is 11.9. The molecule has 1 aromatic carbocycles. The van der Waals surface area contributed by atoms with Crippen LogP contribution < -0.4 is 10.9 Å². The Bertz CT molecular complexity index is 1080. The van der Waals surface area contributed by atoms with Gasteiger partial charge in [-0.2, -0.15) is 23.0 Å². The Morgan fingerprint density at radius 2 is 1.78 bits per heavy atom. The zero-order valence-electron chi connectivity index (χ0n) is 17.6. The van der Waals surface area contributed by atoms with Crippen molar-refractivity contribution in [3.05, 3.63) is 81.4 Å². The van der Waals surface area contributed by atoms with E-state index in [0.717, 1.165) is 35.5 Å². The van der Waals surface area contributed by atoms with Crippen LogP contribution in [0.3, 0.4) is 0 Å². The molecule has 1 unspecified atom stereocenters. The highest BCUT2D eigenvalue weighted by Crippen LogP contribution is 2.29. The summed E-state index contributed by atoms with van der Waals surface area (Å²) < 4.78 is 39.1. The number of aromatic nitrogens is 3. The Hall–Kier alpha value is -2.91. The van der Waals surface area contributed by atoms with E-state index in [1.54, 1.807) is 0 Å². The fraction of sp³-hybridized carbons (Fsp3) is 0.318. The second kappa shape index (κ2) is 10.1. The van der Waals surface area contributed by atoms with Crippen molar-refractivity contribution in [1.29, 1.82) is 0 Å². The van der Waals surface area contributed by atoms with E-state index in [0.29, 0.717) is 18.4 Å². The van der Waals surface area contributed by atoms with Crippen molar-refractivity contribution in [3.8, 4) is 5.82 Å². The molecule has 0 saturated carbocycles. The molecule has 1 atom stereocenters. The van der Waals surface area contributed by atoms with Gasteiger partial charge in [0.2, 0.25) is 0 Å². The standard InChI is InChI=1S/C22H23ClF3N5O/c1-3-30(4-2)18(15-8-6-5-7-9-15)14-27-17-13-29-31(21(32)20(17)23)19-11-10-16(12-28-19)22(24,25)26/h5-13,18,27H,3-4,14H2,1-2H3. The van der Waals surface area contributed by atoms with Gasteiger partial charge >= 0.3 is 6.18 Å². The normalized spacial score (nSPS) is 12.7. The third-order valence-electron chi connectivity index (χ3n) is 5.13. The summed E-state index contributed by atoms with van der Waals surface area (Å²) >= 11 is 6.27. The van der Waals surface area contributed by atoms with Gasteiger partial charge in [0.05, 0.1) is 23.5 Å². The fourth-order valence-corrected chi connectivity index (χ4v) is 3.60. The molecule has 10 heteroatoms. The molecule has 32 heavy (non-hydrogen) atoms. The van der Waals surface area contributed by atoms with Crippen molar-refractivity contribution >= 4 is 17.3 Å². The van der Waals surface area contributed by atoms with Gasteiger partial charge in [0.25, 0.3) is 5.56 Å². The Balaban J connectivity index is 1.84. The monoisotopic (exact) mass is 465 g/mol. The second-order valence-electron chi connectivity index (χ2n) is 7.02. The average Bonchev–Trinajstić information content (AvgIpc) is 2.79. The van der Waals surface area contributed by atoms with Crippen LogP contribution in [0.15, 0.2) is 59.7 Å². The Morgan fingerprint density at radius 1 is 1.09 bits per heavy atom. The summed E-state index contributed by atoms with van der Waals surface area (Å²) in [5.41, 5.74) is -0.131. The number of halogens is 4. The second-order valence-corrected chi connectivity index (χ2v) is 7.40. The van der Waals surface area contributed by atoms with Crippen LogP contribution in [0.4, 0.5) is 18.9 Å². The number of alkyl halides is 3. The zero-order chi connectivity index (χ0) is 23.3. The first-order valence-electron chi connectivity index (χ1n) is 10.1. The predicted octanol–water partition coefficient (Wildman–Crippen LogP) is 4.79. The molecule has 0 aliphatic rings. The van der Waals surface area contributed by atoms with E-state index in [4.69, 9.17) is 11.6 Å². The quantitative estimate of drug-likeness (QED) is 0.518. The van der Waals surface area contributed by atoms with Gasteiger partial charge in [-0.1, -0.05) is 55.8 Å². The lowest BCUT2D eigenvalue weighted by atomic mass is 10.1. The molecule has 0 fully saturated rings. The first kappa shape index (κ1) is 23.7. The third-order valence-corrected chi connectivity index (χ3v) is 5.50. The number of benzene rings is 1. The number of hydrogen-bond donors (Lipinski definition) is 1. The third kappa shape index (κ3) is 5.28. The molecule has 170 valence electrons. The molecule has 2 aromatic heterocycles. The lowest BCUT2D eigenvalue weighted by Crippen LogP contribution is -2.33. The van der Waals surface area contributed by atoms with Crippen LogP contribution in [-0.2, 0) is 6.18 Å². The average molecular weight is 466 g/mol. The highest BCUT2D eigenvalue weighted by Gasteiger charge is 2.30. The molecule has 0 amide bonds. The molecule has 0 aliphatic carbocycles. The van der Waals surface area contributed by atoms with Crippen LogP contribution in [0.2, 0.25) is 5.02 Å². The van der Waals surface area contributed by atoms with Crippen LogP contribution in [-0.4, -0.2) is 39.3 Å². The molecule has 1 N–H and O–H groups in total. The minimum absolute atomic E-state index is 0.0428. The molecule has 0 radical (unpaired) electrons. The molecule has 6 nitrogen and oxygen atoms in total. The van der Waals surface area contributed by atoms with Crippen LogP contribution in [0.1, 0.15) is 31.0 Å². The highest BCUT2D eigenvalue weighted by molar-refractivity contribution is 6.32. The van der Waals surface area contributed by atoms with Gasteiger partial charge in [0, 0.05) is 12.7 Å². The van der Waals surface area contributed by atoms with Crippen molar-refractivity contribution in [2.24, 2.45) is 0 Å². The highest BCUT2D eigenvalue weighted by atomic mass is 35.5. The summed E-state index contributed by atoms with van der Waals surface area (Å²) in [7, 11) is 0. The fourth-order valence-electron chi connectivity index (χ4n) is 3.40. The van der Waals surface area contributed by atoms with E-state index in [2.05, 4.69) is 34.1 Å². The zero-order valence-corrected chi connectivity index (χ0v) is 18.4. The van der Waals surface area contributed by atoms with Crippen molar-refractivity contribution in [2.75, 3.05) is 25.0 Å². The van der Waals surface area contributed by atoms with Crippen molar-refractivity contribution in [1.82, 2.24) is 19.7 Å². The lowest BCUT2D eigenvalue weighted by molar-refractivity contribution is -0.137. The summed E-state index contributed by atoms with van der Waals surface area (Å²) in [5.74, 6) is -0.0539. The molecule has 0 saturated heterocycles. The van der Waals surface area contributed by atoms with Gasteiger partial charge in [0.1, 0.15) is 5.02 Å². The minimum atomic E-state index is -4.52. The van der Waals surface area contributed by atoms with Gasteiger partial charge in [-0.3, -0.25) is 9.69 Å². The van der Waals surface area contributed by atoms with E-state index in [9.17, 15) is 18.0 Å². The minimum Gasteiger partial charge on any atom is -0.380 e. The van der Waals surface area contributed by atoms with E-state index < -0.39 is 17.3 Å². The van der Waals surface area contributed by atoms with Gasteiger partial charge in [0.15, 0.2) is 5.82 Å². The van der Waals surface area contributed by atoms with Crippen molar-refractivity contribution in [3.63, 3.8) is 0 Å². The Morgan fingerprint density at radius 3 is 2.34 bits per heavy atom. The van der Waals surface area contributed by atoms with Crippen LogP contribution in [0, 0.1) is 0 Å². The van der Waals surface area contributed by atoms with Crippen molar-refractivity contribution in [2.45, 2.75) is 26.1 Å². The SMILES string of the molecule is CCN(CC)C(CNc1cnn(-c2ccc(C(F)(F)F)cn2)c(=O)c1Cl)c1ccccc1. The van der Waals surface area contributed by atoms with Gasteiger partial charge in [-0.05, 0) is 30.8 Å². The first-order chi connectivity index (χ1) is 15.3. The molecule has 0 bridgehead atoms. The van der Waals surface area contributed by atoms with Crippen molar-refractivity contribution < 1.29 is 13.2 Å². The van der Waals surface area contributed by atoms with E-state index in [1.165, 1.54) is 6.20 Å². The molecular weight excluding hydrogens is 443 g/mol. The number of hydrogen-bond acceptors (Lipinski definition) is 5. The number of pyridine rings is 1. The maximum Gasteiger partial charge on any atom is 0.417 e. The predicted molar refractivity (Wildman–Crippen MR) is 118 cm³/mol. The maximum atomic E-state index is 12.7. The number of nitrogens with zero attached hydrogens (tertiary/aromatic N) is 4. The summed E-state index contributed by atoms with van der Waals surface area (Å²) in [6.45, 7) is 6.31. The number of rotatable bonds is 8. The summed E-state index contributed by atoms with van der Waals surface area (Å²) in [6.07, 6.45) is -2.50. The smallest absolute Gasteiger partial charge is 0.380 e. The van der Waals surface area contributed by atoms with Crippen LogP contribution in [0.5, 0.6) is 0 Å². The molecule has 0 spiro atoms. The molecule has 0 aliphatic heterocycles. The molecule has 2 heterocycles. The lowest BCUT2D eigenvalue weighted by Gasteiger charge is -2.30. The first-order valence-corrected chi connectivity index (χ1v) is 10.5. The number of nitrogens with one attached hydrogen (secondary N) is 1. The van der Waals surface area contributed by atoms with Gasteiger partial charge < -0.3 is 5.32 Å². The molecule has 3 aromatic rings. The van der Waals surface area contributed by atoms with E-state index in [1.807, 2.05) is 30.3 Å². The Labute approximate surface area is 188 Å².